The van der Waals surface area contributed by atoms with E-state index in [1.807, 2.05) is 0 Å². The summed E-state index contributed by atoms with van der Waals surface area (Å²) in [7, 11) is 0. The number of hydrogen-bond donors (Lipinski definition) is 1. The Labute approximate surface area is 127 Å². The molecule has 0 heterocycles. The molecule has 2 rings (SSSR count). The molecular formula is C12H7BrCl2N2O2. The van der Waals surface area contributed by atoms with Gasteiger partial charge in [-0.3, -0.25) is 10.1 Å². The van der Waals surface area contributed by atoms with Crippen LogP contribution in [0.15, 0.2) is 40.9 Å². The molecule has 0 unspecified atom stereocenters. The molecule has 7 heteroatoms. The van der Waals surface area contributed by atoms with Gasteiger partial charge in [0, 0.05) is 4.47 Å². The Kier molecular flexibility index (Phi) is 4.29. The second-order valence-corrected chi connectivity index (χ2v) is 5.37. The van der Waals surface area contributed by atoms with Crippen molar-refractivity contribution in [1.82, 2.24) is 0 Å². The van der Waals surface area contributed by atoms with E-state index in [0.29, 0.717) is 16.4 Å². The summed E-state index contributed by atoms with van der Waals surface area (Å²) in [6.07, 6.45) is 0. The molecule has 0 radical (unpaired) electrons. The standard InChI is InChI=1S/C12H7BrCl2N2O2/c13-7-4-5-10(9(15)6-7)16-11-3-1-2-8(14)12(11)17(18)19/h1-6,16H. The molecule has 0 saturated heterocycles. The first-order valence-electron chi connectivity index (χ1n) is 5.14. The molecule has 0 aliphatic carbocycles. The maximum atomic E-state index is 11.0. The minimum absolute atomic E-state index is 0.0724. The molecule has 0 aliphatic heterocycles. The van der Waals surface area contributed by atoms with Gasteiger partial charge in [-0.2, -0.15) is 0 Å². The quantitative estimate of drug-likeness (QED) is 0.587. The fourth-order valence-corrected chi connectivity index (χ4v) is 2.50. The third-order valence-corrected chi connectivity index (χ3v) is 3.48. The van der Waals surface area contributed by atoms with E-state index < -0.39 is 4.92 Å². The molecule has 2 aromatic rings. The smallest absolute Gasteiger partial charge is 0.311 e. The zero-order valence-corrected chi connectivity index (χ0v) is 12.5. The van der Waals surface area contributed by atoms with Gasteiger partial charge in [0.15, 0.2) is 0 Å². The predicted octanol–water partition coefficient (Wildman–Crippen LogP) is 5.41. The second-order valence-electron chi connectivity index (χ2n) is 3.64. The van der Waals surface area contributed by atoms with Crippen molar-refractivity contribution >= 4 is 56.2 Å². The average Bonchev–Trinajstić information content (AvgIpc) is 2.32. The van der Waals surface area contributed by atoms with E-state index in [1.54, 1.807) is 30.3 Å². The lowest BCUT2D eigenvalue weighted by molar-refractivity contribution is -0.383. The normalized spacial score (nSPS) is 10.3. The lowest BCUT2D eigenvalue weighted by Gasteiger charge is -2.09. The van der Waals surface area contributed by atoms with Crippen LogP contribution in [-0.2, 0) is 0 Å². The van der Waals surface area contributed by atoms with E-state index in [2.05, 4.69) is 21.2 Å². The van der Waals surface area contributed by atoms with Crippen molar-refractivity contribution in [3.05, 3.63) is 61.0 Å². The molecule has 0 bridgehead atoms. The molecule has 98 valence electrons. The molecule has 0 aromatic heterocycles. The summed E-state index contributed by atoms with van der Waals surface area (Å²) in [4.78, 5) is 10.5. The van der Waals surface area contributed by atoms with Crippen molar-refractivity contribution < 1.29 is 4.92 Å². The summed E-state index contributed by atoms with van der Waals surface area (Å²) in [5.74, 6) is 0. The minimum Gasteiger partial charge on any atom is -0.349 e. The van der Waals surface area contributed by atoms with Crippen LogP contribution in [0.5, 0.6) is 0 Å². The molecule has 1 N–H and O–H groups in total. The van der Waals surface area contributed by atoms with E-state index >= 15 is 0 Å². The number of rotatable bonds is 3. The third-order valence-electron chi connectivity index (χ3n) is 2.37. The van der Waals surface area contributed by atoms with Crippen molar-refractivity contribution in [2.45, 2.75) is 0 Å². The van der Waals surface area contributed by atoms with Crippen molar-refractivity contribution in [3.8, 4) is 0 Å². The van der Waals surface area contributed by atoms with Gasteiger partial charge in [-0.1, -0.05) is 45.2 Å². The molecule has 19 heavy (non-hydrogen) atoms. The van der Waals surface area contributed by atoms with Gasteiger partial charge in [-0.05, 0) is 30.3 Å². The monoisotopic (exact) mass is 360 g/mol. The van der Waals surface area contributed by atoms with Gasteiger partial charge in [0.05, 0.1) is 15.6 Å². The van der Waals surface area contributed by atoms with Crippen LogP contribution in [0, 0.1) is 10.1 Å². The van der Waals surface area contributed by atoms with Crippen LogP contribution in [-0.4, -0.2) is 4.92 Å². The Bertz CT molecular complexity index is 650. The van der Waals surface area contributed by atoms with Gasteiger partial charge in [0.1, 0.15) is 10.7 Å². The fourth-order valence-electron chi connectivity index (χ4n) is 1.54. The number of halogens is 3. The lowest BCUT2D eigenvalue weighted by atomic mass is 10.2. The van der Waals surface area contributed by atoms with E-state index in [9.17, 15) is 10.1 Å². The van der Waals surface area contributed by atoms with Crippen LogP contribution in [0.1, 0.15) is 0 Å². The molecular weight excluding hydrogens is 355 g/mol. The largest absolute Gasteiger partial charge is 0.349 e. The van der Waals surface area contributed by atoms with Gasteiger partial charge in [0.25, 0.3) is 0 Å². The Morgan fingerprint density at radius 2 is 1.84 bits per heavy atom. The predicted molar refractivity (Wildman–Crippen MR) is 80.5 cm³/mol. The number of nitro benzene ring substituents is 1. The topological polar surface area (TPSA) is 55.2 Å². The number of para-hydroxylation sites is 1. The Balaban J connectivity index is 2.44. The van der Waals surface area contributed by atoms with E-state index in [-0.39, 0.29) is 10.7 Å². The maximum Gasteiger partial charge on any atom is 0.311 e. The molecule has 0 fully saturated rings. The number of hydrogen-bond acceptors (Lipinski definition) is 3. The minimum atomic E-state index is -0.530. The van der Waals surface area contributed by atoms with Crippen molar-refractivity contribution in [2.24, 2.45) is 0 Å². The first kappa shape index (κ1) is 14.1. The number of nitro groups is 1. The number of benzene rings is 2. The van der Waals surface area contributed by atoms with Crippen molar-refractivity contribution in [3.63, 3.8) is 0 Å². The van der Waals surface area contributed by atoms with Crippen LogP contribution >= 0.6 is 39.1 Å². The van der Waals surface area contributed by atoms with E-state index in [1.165, 1.54) is 6.07 Å². The summed E-state index contributed by atoms with van der Waals surface area (Å²) >= 11 is 15.2. The Morgan fingerprint density at radius 3 is 2.47 bits per heavy atom. The Hall–Kier alpha value is -1.30. The molecule has 0 spiro atoms. The van der Waals surface area contributed by atoms with Gasteiger partial charge in [0.2, 0.25) is 0 Å². The van der Waals surface area contributed by atoms with Crippen molar-refractivity contribution in [2.75, 3.05) is 5.32 Å². The first-order chi connectivity index (χ1) is 8.99. The first-order valence-corrected chi connectivity index (χ1v) is 6.69. The Morgan fingerprint density at radius 1 is 1.11 bits per heavy atom. The highest BCUT2D eigenvalue weighted by Gasteiger charge is 2.18. The second kappa shape index (κ2) is 5.77. The van der Waals surface area contributed by atoms with E-state index in [4.69, 9.17) is 23.2 Å². The number of nitrogens with zero attached hydrogens (tertiary/aromatic N) is 1. The lowest BCUT2D eigenvalue weighted by Crippen LogP contribution is -1.98. The highest BCUT2D eigenvalue weighted by Crippen LogP contribution is 2.36. The van der Waals surface area contributed by atoms with Crippen LogP contribution in [0.2, 0.25) is 10.0 Å². The van der Waals surface area contributed by atoms with Crippen molar-refractivity contribution in [1.29, 1.82) is 0 Å². The molecule has 0 atom stereocenters. The SMILES string of the molecule is O=[N+]([O-])c1c(Cl)cccc1Nc1ccc(Br)cc1Cl. The molecule has 0 aliphatic rings. The van der Waals surface area contributed by atoms with Crippen LogP contribution in [0.4, 0.5) is 17.1 Å². The summed E-state index contributed by atoms with van der Waals surface area (Å²) in [6.45, 7) is 0. The van der Waals surface area contributed by atoms with Crippen LogP contribution in [0.3, 0.4) is 0 Å². The van der Waals surface area contributed by atoms with Crippen LogP contribution < -0.4 is 5.32 Å². The zero-order valence-electron chi connectivity index (χ0n) is 9.36. The molecule has 4 nitrogen and oxygen atoms in total. The average molecular weight is 362 g/mol. The summed E-state index contributed by atoms with van der Waals surface area (Å²) in [6, 6.07) is 9.86. The highest BCUT2D eigenvalue weighted by atomic mass is 79.9. The van der Waals surface area contributed by atoms with Gasteiger partial charge < -0.3 is 5.32 Å². The molecule has 0 amide bonds. The van der Waals surface area contributed by atoms with Gasteiger partial charge in [-0.15, -0.1) is 0 Å². The van der Waals surface area contributed by atoms with E-state index in [0.717, 1.165) is 4.47 Å². The fraction of sp³-hybridized carbons (Fsp3) is 0. The number of nitrogens with one attached hydrogen (secondary N) is 1. The summed E-state index contributed by atoms with van der Waals surface area (Å²) in [5.41, 5.74) is 0.681. The molecule has 2 aromatic carbocycles. The molecule has 0 saturated carbocycles. The van der Waals surface area contributed by atoms with Gasteiger partial charge >= 0.3 is 5.69 Å². The summed E-state index contributed by atoms with van der Waals surface area (Å²) in [5, 5.41) is 14.4. The summed E-state index contributed by atoms with van der Waals surface area (Å²) < 4.78 is 0.823. The van der Waals surface area contributed by atoms with Crippen LogP contribution in [0.25, 0.3) is 0 Å². The third kappa shape index (κ3) is 3.18. The van der Waals surface area contributed by atoms with Gasteiger partial charge in [-0.25, -0.2) is 0 Å². The number of anilines is 2. The zero-order chi connectivity index (χ0) is 14.0. The maximum absolute atomic E-state index is 11.0. The highest BCUT2D eigenvalue weighted by molar-refractivity contribution is 9.10.